The molecule has 0 unspecified atom stereocenters. The lowest BCUT2D eigenvalue weighted by Crippen LogP contribution is -2.41. The smallest absolute Gasteiger partial charge is 0.412 e. The van der Waals surface area contributed by atoms with Crippen molar-refractivity contribution < 1.29 is 23.9 Å². The Morgan fingerprint density at radius 3 is 2.45 bits per heavy atom. The van der Waals surface area contributed by atoms with Gasteiger partial charge in [0.2, 0.25) is 17.5 Å². The van der Waals surface area contributed by atoms with Gasteiger partial charge in [0.25, 0.3) is 5.56 Å². The minimum Gasteiger partial charge on any atom is -0.444 e. The highest BCUT2D eigenvalue weighted by Gasteiger charge is 2.25. The van der Waals surface area contributed by atoms with E-state index in [0.29, 0.717) is 18.5 Å². The van der Waals surface area contributed by atoms with Gasteiger partial charge >= 0.3 is 6.09 Å². The molecular weight excluding hydrogens is 512 g/mol. The molecule has 0 spiro atoms. The zero-order chi connectivity index (χ0) is 29.3. The van der Waals surface area contributed by atoms with E-state index < -0.39 is 34.7 Å². The van der Waals surface area contributed by atoms with Crippen molar-refractivity contribution in [2.75, 3.05) is 18.4 Å². The Balaban J connectivity index is 1.96. The first-order chi connectivity index (χ1) is 19.0. The van der Waals surface area contributed by atoms with Gasteiger partial charge in [-0.1, -0.05) is 68.7 Å². The minimum absolute atomic E-state index is 0.0570. The molecule has 0 aliphatic heterocycles. The largest absolute Gasteiger partial charge is 0.444 e. The maximum atomic E-state index is 13.7. The Hall–Kier alpha value is -4.34. The molecule has 2 aromatic rings. The van der Waals surface area contributed by atoms with Gasteiger partial charge in [-0.05, 0) is 33.3 Å². The second-order valence-corrected chi connectivity index (χ2v) is 10.5. The van der Waals surface area contributed by atoms with E-state index >= 15 is 0 Å². The Kier molecular flexibility index (Phi) is 10.3. The van der Waals surface area contributed by atoms with Crippen molar-refractivity contribution in [1.29, 1.82) is 0 Å². The van der Waals surface area contributed by atoms with Crippen LogP contribution >= 0.6 is 0 Å². The number of carbonyl (C=O) groups is 4. The SMILES string of the molecule is CCCCCCN(CC1=CC=CC(=O)C1=O)C(=O)Cn1c(-c2ccccc2)ncc(NC(=O)OC(C)(C)C)c1=O. The number of rotatable bonds is 11. The molecule has 212 valence electrons. The van der Waals surface area contributed by atoms with Gasteiger partial charge in [0, 0.05) is 24.2 Å². The first-order valence-electron chi connectivity index (χ1n) is 13.4. The van der Waals surface area contributed by atoms with Crippen molar-refractivity contribution in [3.63, 3.8) is 0 Å². The summed E-state index contributed by atoms with van der Waals surface area (Å²) in [5, 5.41) is 2.43. The number of hydrogen-bond acceptors (Lipinski definition) is 7. The maximum absolute atomic E-state index is 13.7. The third-order valence-corrected chi connectivity index (χ3v) is 6.06. The molecule has 1 aliphatic rings. The number of ketones is 2. The van der Waals surface area contributed by atoms with Gasteiger partial charge in [0.15, 0.2) is 0 Å². The van der Waals surface area contributed by atoms with Crippen molar-refractivity contribution >= 4 is 29.3 Å². The molecule has 10 nitrogen and oxygen atoms in total. The van der Waals surface area contributed by atoms with Crippen LogP contribution in [-0.4, -0.2) is 56.7 Å². The van der Waals surface area contributed by atoms with Crippen LogP contribution in [0.2, 0.25) is 0 Å². The minimum atomic E-state index is -0.824. The fraction of sp³-hybridized carbons (Fsp3) is 0.400. The standard InChI is InChI=1S/C30H36N4O6/c1-5-6-7-11-17-33(19-22-15-12-16-24(35)26(22)37)25(36)20-34-27(21-13-9-8-10-14-21)31-18-23(28(34)38)32-29(39)40-30(2,3)4/h8-10,12-16,18H,5-7,11,17,19-20H2,1-4H3,(H,32,39). The highest BCUT2D eigenvalue weighted by molar-refractivity contribution is 6.48. The molecule has 0 atom stereocenters. The van der Waals surface area contributed by atoms with Crippen LogP contribution in [-0.2, 0) is 25.7 Å². The molecule has 0 bridgehead atoms. The molecule has 3 rings (SSSR count). The molecule has 1 heterocycles. The zero-order valence-corrected chi connectivity index (χ0v) is 23.4. The number of anilines is 1. The second-order valence-electron chi connectivity index (χ2n) is 10.5. The van der Waals surface area contributed by atoms with Gasteiger partial charge in [-0.2, -0.15) is 0 Å². The summed E-state index contributed by atoms with van der Waals surface area (Å²) in [4.78, 5) is 69.9. The number of ether oxygens (including phenoxy) is 1. The monoisotopic (exact) mass is 548 g/mol. The lowest BCUT2D eigenvalue weighted by Gasteiger charge is -2.25. The predicted molar refractivity (Wildman–Crippen MR) is 152 cm³/mol. The summed E-state index contributed by atoms with van der Waals surface area (Å²) in [5.41, 5.74) is -0.740. The van der Waals surface area contributed by atoms with Crippen LogP contribution < -0.4 is 10.9 Å². The first-order valence-corrected chi connectivity index (χ1v) is 13.4. The van der Waals surface area contributed by atoms with E-state index in [-0.39, 0.29) is 30.2 Å². The Bertz CT molecular complexity index is 1370. The normalized spacial score (nSPS) is 13.2. The lowest BCUT2D eigenvalue weighted by molar-refractivity contribution is -0.133. The fourth-order valence-electron chi connectivity index (χ4n) is 4.10. The number of nitrogens with zero attached hydrogens (tertiary/aromatic N) is 3. The number of benzene rings is 1. The average Bonchev–Trinajstić information content (AvgIpc) is 2.90. The van der Waals surface area contributed by atoms with E-state index in [0.717, 1.165) is 19.3 Å². The number of nitrogens with one attached hydrogen (secondary N) is 1. The molecule has 0 radical (unpaired) electrons. The summed E-state index contributed by atoms with van der Waals surface area (Å²) in [6, 6.07) is 8.90. The van der Waals surface area contributed by atoms with Crippen molar-refractivity contribution in [3.05, 3.63) is 70.7 Å². The zero-order valence-electron chi connectivity index (χ0n) is 23.4. The van der Waals surface area contributed by atoms with Gasteiger partial charge < -0.3 is 9.64 Å². The van der Waals surface area contributed by atoms with Crippen LogP contribution in [0.15, 0.2) is 65.1 Å². The van der Waals surface area contributed by atoms with E-state index in [9.17, 15) is 24.0 Å². The topological polar surface area (TPSA) is 128 Å². The first kappa shape index (κ1) is 30.2. The summed E-state index contributed by atoms with van der Waals surface area (Å²) >= 11 is 0. The number of aromatic nitrogens is 2. The Morgan fingerprint density at radius 1 is 1.05 bits per heavy atom. The number of amides is 2. The van der Waals surface area contributed by atoms with E-state index in [1.807, 2.05) is 6.07 Å². The van der Waals surface area contributed by atoms with Crippen LogP contribution in [0.3, 0.4) is 0 Å². The third-order valence-electron chi connectivity index (χ3n) is 6.06. The van der Waals surface area contributed by atoms with Gasteiger partial charge in [0.05, 0.1) is 6.20 Å². The molecule has 40 heavy (non-hydrogen) atoms. The number of unbranched alkanes of at least 4 members (excludes halogenated alkanes) is 3. The highest BCUT2D eigenvalue weighted by Crippen LogP contribution is 2.18. The van der Waals surface area contributed by atoms with Gasteiger partial charge in [-0.15, -0.1) is 0 Å². The summed E-state index contributed by atoms with van der Waals surface area (Å²) < 4.78 is 6.47. The van der Waals surface area contributed by atoms with Gasteiger partial charge in [0.1, 0.15) is 23.7 Å². The van der Waals surface area contributed by atoms with Crippen molar-refractivity contribution in [1.82, 2.24) is 14.5 Å². The highest BCUT2D eigenvalue weighted by atomic mass is 16.6. The van der Waals surface area contributed by atoms with Crippen molar-refractivity contribution in [2.24, 2.45) is 0 Å². The average molecular weight is 549 g/mol. The Labute approximate surface area is 233 Å². The number of carbonyl (C=O) groups excluding carboxylic acids is 4. The van der Waals surface area contributed by atoms with Crippen LogP contribution in [0.25, 0.3) is 11.4 Å². The molecule has 1 aromatic carbocycles. The quantitative estimate of drug-likeness (QED) is 0.252. The van der Waals surface area contributed by atoms with Gasteiger partial charge in [-0.25, -0.2) is 9.78 Å². The van der Waals surface area contributed by atoms with Gasteiger partial charge in [-0.3, -0.25) is 29.1 Å². The molecule has 0 saturated heterocycles. The van der Waals surface area contributed by atoms with E-state index in [1.165, 1.54) is 33.9 Å². The third kappa shape index (κ3) is 8.33. The summed E-state index contributed by atoms with van der Waals surface area (Å²) in [7, 11) is 0. The van der Waals surface area contributed by atoms with Crippen molar-refractivity contribution in [2.45, 2.75) is 65.5 Å². The van der Waals surface area contributed by atoms with E-state index in [2.05, 4.69) is 17.2 Å². The molecule has 1 aromatic heterocycles. The number of Topliss-reactive ketones (excluding diaryl/α,β-unsaturated/α-hetero) is 1. The molecule has 1 aliphatic carbocycles. The molecular formula is C30H36N4O6. The number of allylic oxidation sites excluding steroid dienone is 3. The lowest BCUT2D eigenvalue weighted by atomic mass is 10.0. The predicted octanol–water partition coefficient (Wildman–Crippen LogP) is 4.30. The van der Waals surface area contributed by atoms with E-state index in [1.54, 1.807) is 45.0 Å². The summed E-state index contributed by atoms with van der Waals surface area (Å²) in [5.74, 6) is -1.47. The summed E-state index contributed by atoms with van der Waals surface area (Å²) in [6.07, 6.45) is 8.22. The van der Waals surface area contributed by atoms with Crippen LogP contribution in [0.4, 0.5) is 10.5 Å². The number of hydrogen-bond donors (Lipinski definition) is 1. The summed E-state index contributed by atoms with van der Waals surface area (Å²) in [6.45, 7) is 7.08. The molecule has 0 fully saturated rings. The maximum Gasteiger partial charge on any atom is 0.412 e. The van der Waals surface area contributed by atoms with E-state index in [4.69, 9.17) is 4.74 Å². The van der Waals surface area contributed by atoms with Crippen LogP contribution in [0.1, 0.15) is 53.4 Å². The van der Waals surface area contributed by atoms with Crippen LogP contribution in [0, 0.1) is 0 Å². The molecule has 1 N–H and O–H groups in total. The molecule has 0 saturated carbocycles. The Morgan fingerprint density at radius 2 is 1.77 bits per heavy atom. The molecule has 10 heteroatoms. The second kappa shape index (κ2) is 13.6. The fourth-order valence-corrected chi connectivity index (χ4v) is 4.10. The molecule has 2 amide bonds. The van der Waals surface area contributed by atoms with Crippen LogP contribution in [0.5, 0.6) is 0 Å². The van der Waals surface area contributed by atoms with Crippen molar-refractivity contribution in [3.8, 4) is 11.4 Å².